The molecule has 1 aromatic heterocycles. The van der Waals surface area contributed by atoms with Crippen molar-refractivity contribution in [3.63, 3.8) is 0 Å². The van der Waals surface area contributed by atoms with Crippen LogP contribution in [0.1, 0.15) is 32.1 Å². The minimum absolute atomic E-state index is 0.0938. The van der Waals surface area contributed by atoms with E-state index in [1.165, 1.54) is 6.92 Å². The van der Waals surface area contributed by atoms with Crippen LogP contribution in [0.15, 0.2) is 41.0 Å². The number of carbonyl (C=O) groups excluding carboxylic acids is 1. The average molecular weight is 288 g/mol. The van der Waals surface area contributed by atoms with E-state index in [0.29, 0.717) is 11.4 Å². The SMILES string of the molecule is CCC(Nc1ccc(NC(C)=O)c(OC)c1)c1ccco1. The smallest absolute Gasteiger partial charge is 0.221 e. The molecule has 0 aliphatic heterocycles. The van der Waals surface area contributed by atoms with Crippen LogP contribution in [0, 0.1) is 0 Å². The zero-order valence-electron chi connectivity index (χ0n) is 12.5. The van der Waals surface area contributed by atoms with E-state index in [2.05, 4.69) is 17.6 Å². The molecule has 0 bridgehead atoms. The molecular weight excluding hydrogens is 268 g/mol. The molecule has 2 rings (SSSR count). The Morgan fingerprint density at radius 3 is 2.76 bits per heavy atom. The Kier molecular flexibility index (Phi) is 4.87. The number of furan rings is 1. The van der Waals surface area contributed by atoms with Crippen molar-refractivity contribution in [2.45, 2.75) is 26.3 Å². The van der Waals surface area contributed by atoms with Gasteiger partial charge in [0.25, 0.3) is 0 Å². The minimum Gasteiger partial charge on any atom is -0.494 e. The lowest BCUT2D eigenvalue weighted by molar-refractivity contribution is -0.114. The number of rotatable bonds is 6. The fraction of sp³-hybridized carbons (Fsp3) is 0.312. The molecule has 0 saturated carbocycles. The molecule has 0 saturated heterocycles. The van der Waals surface area contributed by atoms with Gasteiger partial charge in [0.2, 0.25) is 5.91 Å². The number of methoxy groups -OCH3 is 1. The average Bonchev–Trinajstić information content (AvgIpc) is 2.99. The Morgan fingerprint density at radius 2 is 2.19 bits per heavy atom. The molecule has 1 unspecified atom stereocenters. The molecule has 1 heterocycles. The monoisotopic (exact) mass is 288 g/mol. The highest BCUT2D eigenvalue weighted by atomic mass is 16.5. The third kappa shape index (κ3) is 3.78. The van der Waals surface area contributed by atoms with Crippen LogP contribution < -0.4 is 15.4 Å². The highest BCUT2D eigenvalue weighted by molar-refractivity contribution is 5.90. The van der Waals surface area contributed by atoms with Crippen molar-refractivity contribution < 1.29 is 13.9 Å². The zero-order chi connectivity index (χ0) is 15.2. The van der Waals surface area contributed by atoms with Crippen LogP contribution in [-0.2, 0) is 4.79 Å². The minimum atomic E-state index is -0.129. The molecular formula is C16H20N2O3. The summed E-state index contributed by atoms with van der Waals surface area (Å²) in [6, 6.07) is 9.49. The third-order valence-electron chi connectivity index (χ3n) is 3.15. The molecule has 1 atom stereocenters. The zero-order valence-corrected chi connectivity index (χ0v) is 12.5. The number of carbonyl (C=O) groups is 1. The van der Waals surface area contributed by atoms with E-state index in [-0.39, 0.29) is 11.9 Å². The van der Waals surface area contributed by atoms with Crippen molar-refractivity contribution in [3.8, 4) is 5.75 Å². The van der Waals surface area contributed by atoms with Crippen molar-refractivity contribution in [3.05, 3.63) is 42.4 Å². The van der Waals surface area contributed by atoms with Crippen LogP contribution in [0.2, 0.25) is 0 Å². The Hall–Kier alpha value is -2.43. The number of hydrogen-bond acceptors (Lipinski definition) is 4. The van der Waals surface area contributed by atoms with E-state index < -0.39 is 0 Å². The van der Waals surface area contributed by atoms with Gasteiger partial charge in [0.1, 0.15) is 11.5 Å². The lowest BCUT2D eigenvalue weighted by Gasteiger charge is -2.17. The van der Waals surface area contributed by atoms with Crippen LogP contribution in [-0.4, -0.2) is 13.0 Å². The van der Waals surface area contributed by atoms with Crippen molar-refractivity contribution in [1.82, 2.24) is 0 Å². The summed E-state index contributed by atoms with van der Waals surface area (Å²) in [6.45, 7) is 3.55. The van der Waals surface area contributed by atoms with Crippen molar-refractivity contribution >= 4 is 17.3 Å². The number of anilines is 2. The normalized spacial score (nSPS) is 11.8. The van der Waals surface area contributed by atoms with E-state index in [4.69, 9.17) is 9.15 Å². The van der Waals surface area contributed by atoms with Crippen LogP contribution in [0.3, 0.4) is 0 Å². The number of nitrogens with one attached hydrogen (secondary N) is 2. The first-order chi connectivity index (χ1) is 10.1. The van der Waals surface area contributed by atoms with Crippen LogP contribution in [0.5, 0.6) is 5.75 Å². The lowest BCUT2D eigenvalue weighted by atomic mass is 10.1. The first kappa shape index (κ1) is 15.0. The first-order valence-electron chi connectivity index (χ1n) is 6.89. The molecule has 0 fully saturated rings. The Labute approximate surface area is 124 Å². The van der Waals surface area contributed by atoms with Crippen LogP contribution >= 0.6 is 0 Å². The predicted molar refractivity (Wildman–Crippen MR) is 82.7 cm³/mol. The number of benzene rings is 1. The maximum Gasteiger partial charge on any atom is 0.221 e. The van der Waals surface area contributed by atoms with E-state index in [1.807, 2.05) is 30.3 Å². The second-order valence-corrected chi connectivity index (χ2v) is 4.72. The lowest BCUT2D eigenvalue weighted by Crippen LogP contribution is -2.10. The van der Waals surface area contributed by atoms with Gasteiger partial charge in [-0.2, -0.15) is 0 Å². The summed E-state index contributed by atoms with van der Waals surface area (Å²) in [5.74, 6) is 1.38. The van der Waals surface area contributed by atoms with Gasteiger partial charge in [-0.3, -0.25) is 4.79 Å². The van der Waals surface area contributed by atoms with Crippen LogP contribution in [0.25, 0.3) is 0 Å². The highest BCUT2D eigenvalue weighted by Crippen LogP contribution is 2.30. The van der Waals surface area contributed by atoms with Gasteiger partial charge >= 0.3 is 0 Å². The van der Waals surface area contributed by atoms with Gasteiger partial charge in [-0.05, 0) is 30.7 Å². The first-order valence-corrected chi connectivity index (χ1v) is 6.89. The van der Waals surface area contributed by atoms with Gasteiger partial charge in [0, 0.05) is 18.7 Å². The van der Waals surface area contributed by atoms with Gasteiger partial charge in [-0.1, -0.05) is 6.92 Å². The Bertz CT molecular complexity index is 594. The fourth-order valence-corrected chi connectivity index (χ4v) is 2.14. The summed E-state index contributed by atoms with van der Waals surface area (Å²) in [4.78, 5) is 11.2. The van der Waals surface area contributed by atoms with Crippen molar-refractivity contribution in [2.75, 3.05) is 17.7 Å². The van der Waals surface area contributed by atoms with Gasteiger partial charge in [0.05, 0.1) is 25.1 Å². The van der Waals surface area contributed by atoms with Gasteiger partial charge in [0.15, 0.2) is 0 Å². The van der Waals surface area contributed by atoms with E-state index >= 15 is 0 Å². The maximum atomic E-state index is 11.2. The Balaban J connectivity index is 2.18. The van der Waals surface area contributed by atoms with E-state index in [9.17, 15) is 4.79 Å². The van der Waals surface area contributed by atoms with Crippen LogP contribution in [0.4, 0.5) is 11.4 Å². The summed E-state index contributed by atoms with van der Waals surface area (Å²) >= 11 is 0. The molecule has 0 radical (unpaired) electrons. The summed E-state index contributed by atoms with van der Waals surface area (Å²) in [5, 5.41) is 6.14. The molecule has 2 aromatic rings. The molecule has 0 spiro atoms. The number of ether oxygens (including phenoxy) is 1. The molecule has 2 N–H and O–H groups in total. The van der Waals surface area contributed by atoms with Gasteiger partial charge in [-0.25, -0.2) is 0 Å². The molecule has 5 nitrogen and oxygen atoms in total. The molecule has 0 aliphatic rings. The largest absolute Gasteiger partial charge is 0.494 e. The molecule has 5 heteroatoms. The molecule has 1 amide bonds. The molecule has 112 valence electrons. The highest BCUT2D eigenvalue weighted by Gasteiger charge is 2.13. The molecule has 21 heavy (non-hydrogen) atoms. The number of hydrogen-bond donors (Lipinski definition) is 2. The number of amides is 1. The standard InChI is InChI=1S/C16H20N2O3/c1-4-13(15-6-5-9-21-15)18-12-7-8-14(17-11(2)19)16(10-12)20-3/h5-10,13,18H,4H2,1-3H3,(H,17,19). The van der Waals surface area contributed by atoms with Gasteiger partial charge < -0.3 is 19.8 Å². The molecule has 0 aliphatic carbocycles. The fourth-order valence-electron chi connectivity index (χ4n) is 2.14. The van der Waals surface area contributed by atoms with E-state index in [0.717, 1.165) is 17.9 Å². The summed E-state index contributed by atoms with van der Waals surface area (Å²) in [7, 11) is 1.58. The van der Waals surface area contributed by atoms with Crippen molar-refractivity contribution in [2.24, 2.45) is 0 Å². The predicted octanol–water partition coefficient (Wildman–Crippen LogP) is 3.81. The Morgan fingerprint density at radius 1 is 1.38 bits per heavy atom. The quantitative estimate of drug-likeness (QED) is 0.848. The third-order valence-corrected chi connectivity index (χ3v) is 3.15. The summed E-state index contributed by atoms with van der Waals surface area (Å²) in [6.07, 6.45) is 2.56. The van der Waals surface area contributed by atoms with Crippen molar-refractivity contribution in [1.29, 1.82) is 0 Å². The second kappa shape index (κ2) is 6.83. The van der Waals surface area contributed by atoms with E-state index in [1.54, 1.807) is 13.4 Å². The maximum absolute atomic E-state index is 11.2. The molecule has 1 aromatic carbocycles. The summed E-state index contributed by atoms with van der Waals surface area (Å²) < 4.78 is 10.8. The van der Waals surface area contributed by atoms with Gasteiger partial charge in [-0.15, -0.1) is 0 Å². The summed E-state index contributed by atoms with van der Waals surface area (Å²) in [5.41, 5.74) is 1.56. The second-order valence-electron chi connectivity index (χ2n) is 4.72. The topological polar surface area (TPSA) is 63.5 Å².